The zero-order valence-corrected chi connectivity index (χ0v) is 25.8. The van der Waals surface area contributed by atoms with Gasteiger partial charge in [-0.05, 0) is 49.7 Å². The van der Waals surface area contributed by atoms with Crippen molar-refractivity contribution in [2.75, 3.05) is 32.8 Å². The predicted molar refractivity (Wildman–Crippen MR) is 163 cm³/mol. The average molecular weight is 625 g/mol. The molecular weight excluding hydrogens is 592 g/mol. The van der Waals surface area contributed by atoms with E-state index >= 15 is 0 Å². The van der Waals surface area contributed by atoms with Crippen LogP contribution in [0.3, 0.4) is 0 Å². The van der Waals surface area contributed by atoms with Crippen molar-refractivity contribution in [3.63, 3.8) is 0 Å². The van der Waals surface area contributed by atoms with Gasteiger partial charge < -0.3 is 29.2 Å². The Hall–Kier alpha value is -5.17. The number of nitrogens with zero attached hydrogens (tertiary/aromatic N) is 2. The second-order valence-electron chi connectivity index (χ2n) is 9.27. The van der Waals surface area contributed by atoms with E-state index in [1.165, 1.54) is 32.3 Å². The summed E-state index contributed by atoms with van der Waals surface area (Å²) < 4.78 is 21.3. The van der Waals surface area contributed by atoms with Gasteiger partial charge in [0.1, 0.15) is 40.5 Å². The van der Waals surface area contributed by atoms with Gasteiger partial charge >= 0.3 is 11.9 Å². The molecule has 2 heterocycles. The number of hydrogen-bond donors (Lipinski definition) is 2. The number of anilines is 1. The van der Waals surface area contributed by atoms with E-state index in [4.69, 9.17) is 28.8 Å². The van der Waals surface area contributed by atoms with E-state index < -0.39 is 29.7 Å². The Morgan fingerprint density at radius 3 is 2.20 bits per heavy atom. The molecule has 1 aliphatic rings. The number of Topliss-reactive ketones (excluding diaryl/α,β-unsaturated/α-hetero) is 1. The Morgan fingerprint density at radius 1 is 1.02 bits per heavy atom. The molecule has 12 nitrogen and oxygen atoms in total. The number of aliphatic hydroxyl groups excluding tert-OH is 1. The fraction of sp³-hybridized carbons (Fsp3) is 0.258. The summed E-state index contributed by atoms with van der Waals surface area (Å²) in [7, 11) is 4.46. The summed E-state index contributed by atoms with van der Waals surface area (Å²) in [6, 6.07) is 8.74. The lowest BCUT2D eigenvalue weighted by atomic mass is 9.93. The van der Waals surface area contributed by atoms with Crippen molar-refractivity contribution in [1.82, 2.24) is 4.98 Å². The molecule has 1 aromatic heterocycles. The summed E-state index contributed by atoms with van der Waals surface area (Å²) in [6.45, 7) is 7.97. The van der Waals surface area contributed by atoms with Crippen molar-refractivity contribution in [2.24, 2.45) is 0 Å². The smallest absolute Gasteiger partial charge is 0.350 e. The number of aromatic nitrogens is 1. The van der Waals surface area contributed by atoms with E-state index in [1.54, 1.807) is 50.2 Å². The summed E-state index contributed by atoms with van der Waals surface area (Å²) in [5, 5.41) is 19.0. The molecule has 13 heteroatoms. The maximum absolute atomic E-state index is 13.6. The number of esters is 1. The molecule has 0 saturated carbocycles. The molecule has 0 radical (unpaired) electrons. The number of carbonyl (C=O) groups excluding carboxylic acids is 3. The van der Waals surface area contributed by atoms with Crippen LogP contribution >= 0.6 is 11.3 Å². The molecule has 1 aliphatic heterocycles. The number of ketones is 1. The van der Waals surface area contributed by atoms with E-state index in [9.17, 15) is 19.5 Å². The highest BCUT2D eigenvalue weighted by Gasteiger charge is 2.49. The average Bonchev–Trinajstić information content (AvgIpc) is 3.50. The monoisotopic (exact) mass is 624 g/mol. The third kappa shape index (κ3) is 6.89. The molecule has 3 aromatic rings. The number of carbonyl (C=O) groups is 4. The van der Waals surface area contributed by atoms with Gasteiger partial charge in [0.2, 0.25) is 0 Å². The fourth-order valence-electron chi connectivity index (χ4n) is 4.42. The van der Waals surface area contributed by atoms with E-state index in [-0.39, 0.29) is 27.9 Å². The standard InChI is InChI=1S/C29H28N2O8S.C2H4O2/c1-7-12-39-28(35)26-16(3)30-29(40-26)31-23(20-11-9-18(37-5)14-21(20)38-6)22(25(33)27(31)34)24(32)19-10-8-17(36-4)13-15(19)2;1-2(3)4/h7-11,13-14,23,32H,1,12H2,2-6H3;1H3,(H,3,4). The SMILES string of the molecule is C=CCOC(=O)c1sc(N2C(=O)C(=O)C(=C(O)c3ccc(OC)cc3C)C2c2ccc(OC)cc2OC)nc1C.CC(=O)O. The predicted octanol–water partition coefficient (Wildman–Crippen LogP) is 4.85. The third-order valence-electron chi connectivity index (χ3n) is 6.38. The van der Waals surface area contributed by atoms with Crippen molar-refractivity contribution < 1.29 is 48.3 Å². The maximum Gasteiger partial charge on any atom is 0.350 e. The van der Waals surface area contributed by atoms with Gasteiger partial charge in [0, 0.05) is 24.1 Å². The number of methoxy groups -OCH3 is 3. The Kier molecular flexibility index (Phi) is 10.9. The summed E-state index contributed by atoms with van der Waals surface area (Å²) in [4.78, 5) is 54.6. The topological polar surface area (TPSA) is 162 Å². The minimum absolute atomic E-state index is 0.000278. The van der Waals surface area contributed by atoms with E-state index in [1.807, 2.05) is 0 Å². The Bertz CT molecular complexity index is 1640. The zero-order chi connectivity index (χ0) is 32.7. The molecule has 1 atom stereocenters. The fourth-order valence-corrected chi connectivity index (χ4v) is 5.40. The van der Waals surface area contributed by atoms with Gasteiger partial charge in [-0.15, -0.1) is 0 Å². The van der Waals surface area contributed by atoms with Crippen molar-refractivity contribution in [2.45, 2.75) is 26.8 Å². The van der Waals surface area contributed by atoms with E-state index in [0.29, 0.717) is 39.6 Å². The first-order valence-corrected chi connectivity index (χ1v) is 13.8. The van der Waals surface area contributed by atoms with Crippen LogP contribution in [0.5, 0.6) is 17.2 Å². The number of benzene rings is 2. The lowest BCUT2D eigenvalue weighted by Crippen LogP contribution is -2.29. The van der Waals surface area contributed by atoms with Crippen molar-refractivity contribution in [3.8, 4) is 17.2 Å². The van der Waals surface area contributed by atoms with Crippen molar-refractivity contribution in [1.29, 1.82) is 0 Å². The third-order valence-corrected chi connectivity index (χ3v) is 7.51. The van der Waals surface area contributed by atoms with Gasteiger partial charge in [0.05, 0.1) is 32.6 Å². The molecule has 0 aliphatic carbocycles. The minimum Gasteiger partial charge on any atom is -0.507 e. The summed E-state index contributed by atoms with van der Waals surface area (Å²) in [5.41, 5.74) is 1.53. The lowest BCUT2D eigenvalue weighted by molar-refractivity contribution is -0.134. The largest absolute Gasteiger partial charge is 0.507 e. The second-order valence-corrected chi connectivity index (χ2v) is 10.3. The van der Waals surface area contributed by atoms with Gasteiger partial charge in [0.15, 0.2) is 5.13 Å². The number of carboxylic acids is 1. The molecule has 2 N–H and O–H groups in total. The molecule has 44 heavy (non-hydrogen) atoms. The highest BCUT2D eigenvalue weighted by Crippen LogP contribution is 2.47. The van der Waals surface area contributed by atoms with Crippen LogP contribution in [0, 0.1) is 13.8 Å². The molecule has 4 rings (SSSR count). The first-order chi connectivity index (χ1) is 20.9. The highest BCUT2D eigenvalue weighted by atomic mass is 32.1. The molecule has 2 aromatic carbocycles. The van der Waals surface area contributed by atoms with Crippen molar-refractivity contribution >= 4 is 45.9 Å². The Labute approximate surface area is 257 Å². The molecule has 0 bridgehead atoms. The number of aliphatic carboxylic acids is 1. The Morgan fingerprint density at radius 2 is 1.64 bits per heavy atom. The van der Waals surface area contributed by atoms with E-state index in [0.717, 1.165) is 18.3 Å². The first kappa shape index (κ1) is 33.3. The van der Waals surface area contributed by atoms with Gasteiger partial charge in [-0.1, -0.05) is 24.0 Å². The number of aryl methyl sites for hydroxylation is 2. The van der Waals surface area contributed by atoms with Crippen LogP contribution in [0.4, 0.5) is 5.13 Å². The lowest BCUT2D eigenvalue weighted by Gasteiger charge is -2.25. The number of amides is 1. The summed E-state index contributed by atoms with van der Waals surface area (Å²) >= 11 is 0.905. The van der Waals surface area contributed by atoms with Crippen LogP contribution < -0.4 is 19.1 Å². The number of aliphatic hydroxyl groups is 1. The second kappa shape index (κ2) is 14.3. The van der Waals surface area contributed by atoms with Crippen LogP contribution in [-0.2, 0) is 19.1 Å². The van der Waals surface area contributed by atoms with E-state index in [2.05, 4.69) is 11.6 Å². The van der Waals surface area contributed by atoms with Crippen LogP contribution in [0.25, 0.3) is 5.76 Å². The van der Waals surface area contributed by atoms with Crippen LogP contribution in [0.15, 0.2) is 54.6 Å². The molecule has 1 fully saturated rings. The minimum atomic E-state index is -1.13. The number of ether oxygens (including phenoxy) is 4. The molecule has 1 unspecified atom stereocenters. The molecule has 1 saturated heterocycles. The molecule has 232 valence electrons. The van der Waals surface area contributed by atoms with Crippen molar-refractivity contribution in [3.05, 3.63) is 81.9 Å². The quantitative estimate of drug-likeness (QED) is 0.110. The van der Waals surface area contributed by atoms with Crippen LogP contribution in [-0.4, -0.2) is 66.8 Å². The van der Waals surface area contributed by atoms with Gasteiger partial charge in [0.25, 0.3) is 11.8 Å². The normalized spacial score (nSPS) is 15.2. The summed E-state index contributed by atoms with van der Waals surface area (Å²) in [6.07, 6.45) is 1.44. The molecule has 0 spiro atoms. The zero-order valence-electron chi connectivity index (χ0n) is 25.0. The Balaban J connectivity index is 0.00000124. The van der Waals surface area contributed by atoms with Crippen LogP contribution in [0.1, 0.15) is 45.0 Å². The van der Waals surface area contributed by atoms with Gasteiger partial charge in [-0.25, -0.2) is 9.78 Å². The number of hydrogen-bond acceptors (Lipinski definition) is 11. The molecular formula is C31H32N2O10S. The maximum atomic E-state index is 13.6. The highest BCUT2D eigenvalue weighted by molar-refractivity contribution is 7.17. The summed E-state index contributed by atoms with van der Waals surface area (Å²) in [5.74, 6) is -2.31. The molecule has 1 amide bonds. The first-order valence-electron chi connectivity index (χ1n) is 13.0. The number of rotatable bonds is 9. The number of carboxylic acid groups (broad SMARTS) is 1. The van der Waals surface area contributed by atoms with Gasteiger partial charge in [-0.3, -0.25) is 19.3 Å². The number of thiazole rings is 1. The van der Waals surface area contributed by atoms with Crippen LogP contribution in [0.2, 0.25) is 0 Å². The van der Waals surface area contributed by atoms with Gasteiger partial charge in [-0.2, -0.15) is 0 Å².